The predicted octanol–water partition coefficient (Wildman–Crippen LogP) is 0.862. The summed E-state index contributed by atoms with van der Waals surface area (Å²) in [4.78, 5) is 4.58. The monoisotopic (exact) mass is 221 g/mol. The number of rotatable bonds is 2. The minimum Gasteiger partial charge on any atom is -0.385 e. The number of aryl methyl sites for hydroxylation is 1. The maximum absolute atomic E-state index is 9.84. The largest absolute Gasteiger partial charge is 0.385 e. The van der Waals surface area contributed by atoms with E-state index in [4.69, 9.17) is 0 Å². The van der Waals surface area contributed by atoms with Crippen LogP contribution < -0.4 is 5.32 Å². The van der Waals surface area contributed by atoms with Crippen LogP contribution in [0.3, 0.4) is 0 Å². The molecule has 2 atom stereocenters. The van der Waals surface area contributed by atoms with E-state index < -0.39 is 0 Å². The molecule has 2 aliphatic heterocycles. The number of hydrogen-bond donors (Lipinski definition) is 2. The molecule has 0 aromatic carbocycles. The second kappa shape index (κ2) is 4.18. The molecule has 0 radical (unpaired) electrons. The van der Waals surface area contributed by atoms with Crippen molar-refractivity contribution in [2.24, 2.45) is 5.92 Å². The summed E-state index contributed by atoms with van der Waals surface area (Å²) in [6, 6.07) is 0. The van der Waals surface area contributed by atoms with Crippen molar-refractivity contribution in [3.05, 3.63) is 17.7 Å². The Morgan fingerprint density at radius 1 is 1.50 bits per heavy atom. The number of nitrogens with zero attached hydrogens (tertiary/aromatic N) is 2. The summed E-state index contributed by atoms with van der Waals surface area (Å²) < 4.78 is 2.13. The van der Waals surface area contributed by atoms with Crippen molar-refractivity contribution < 1.29 is 5.11 Å². The van der Waals surface area contributed by atoms with Crippen molar-refractivity contribution in [1.29, 1.82) is 0 Å². The zero-order valence-corrected chi connectivity index (χ0v) is 9.52. The van der Waals surface area contributed by atoms with E-state index in [0.717, 1.165) is 56.3 Å². The molecule has 0 amide bonds. The van der Waals surface area contributed by atoms with Crippen LogP contribution in [0.2, 0.25) is 0 Å². The minimum atomic E-state index is -0.343. The molecule has 2 aliphatic rings. The molecule has 1 fully saturated rings. The van der Waals surface area contributed by atoms with E-state index in [1.807, 2.05) is 0 Å². The van der Waals surface area contributed by atoms with Gasteiger partial charge in [0.05, 0.1) is 5.69 Å². The summed E-state index contributed by atoms with van der Waals surface area (Å²) in [7, 11) is 0. The molecule has 4 nitrogen and oxygen atoms in total. The highest BCUT2D eigenvalue weighted by atomic mass is 16.3. The number of imidazole rings is 1. The molecular formula is C12H19N3O. The Kier molecular flexibility index (Phi) is 2.69. The second-order valence-corrected chi connectivity index (χ2v) is 5.00. The molecule has 2 N–H and O–H groups in total. The van der Waals surface area contributed by atoms with E-state index in [1.54, 1.807) is 0 Å². The average Bonchev–Trinajstić information content (AvgIpc) is 2.88. The normalized spacial score (nSPS) is 29.3. The Morgan fingerprint density at radius 3 is 3.19 bits per heavy atom. The number of nitrogens with one attached hydrogen (secondary N) is 1. The lowest BCUT2D eigenvalue weighted by molar-refractivity contribution is 0.133. The highest BCUT2D eigenvalue weighted by molar-refractivity contribution is 5.09. The van der Waals surface area contributed by atoms with Crippen molar-refractivity contribution in [2.75, 3.05) is 13.1 Å². The predicted molar refractivity (Wildman–Crippen MR) is 61.1 cm³/mol. The Bertz CT molecular complexity index is 368. The molecule has 4 heteroatoms. The summed E-state index contributed by atoms with van der Waals surface area (Å²) in [5.41, 5.74) is 1.16. The van der Waals surface area contributed by atoms with Crippen molar-refractivity contribution >= 4 is 0 Å². The minimum absolute atomic E-state index is 0.343. The molecule has 0 spiro atoms. The van der Waals surface area contributed by atoms with Crippen LogP contribution in [0.15, 0.2) is 6.20 Å². The smallest absolute Gasteiger partial charge is 0.137 e. The number of aliphatic hydroxyl groups excluding tert-OH is 1. The zero-order valence-electron chi connectivity index (χ0n) is 9.52. The average molecular weight is 221 g/mol. The van der Waals surface area contributed by atoms with Gasteiger partial charge in [0.15, 0.2) is 0 Å². The molecule has 16 heavy (non-hydrogen) atoms. The van der Waals surface area contributed by atoms with E-state index in [9.17, 15) is 5.11 Å². The molecule has 1 aromatic rings. The number of hydrogen-bond acceptors (Lipinski definition) is 3. The molecule has 0 bridgehead atoms. The van der Waals surface area contributed by atoms with Gasteiger partial charge in [-0.25, -0.2) is 4.98 Å². The molecule has 88 valence electrons. The van der Waals surface area contributed by atoms with Gasteiger partial charge in [-0.15, -0.1) is 0 Å². The third kappa shape index (κ3) is 1.87. The SMILES string of the molecule is OC1CCCn2cc(CC3CCNC3)nc21. The van der Waals surface area contributed by atoms with Gasteiger partial charge < -0.3 is 15.0 Å². The van der Waals surface area contributed by atoms with Gasteiger partial charge in [-0.1, -0.05) is 0 Å². The lowest BCUT2D eigenvalue weighted by Crippen LogP contribution is -2.14. The lowest BCUT2D eigenvalue weighted by Gasteiger charge is -2.18. The highest BCUT2D eigenvalue weighted by Gasteiger charge is 2.22. The summed E-state index contributed by atoms with van der Waals surface area (Å²) >= 11 is 0. The van der Waals surface area contributed by atoms with Gasteiger partial charge >= 0.3 is 0 Å². The lowest BCUT2D eigenvalue weighted by atomic mass is 10.0. The topological polar surface area (TPSA) is 50.1 Å². The Hall–Kier alpha value is -0.870. The third-order valence-corrected chi connectivity index (χ3v) is 3.69. The Labute approximate surface area is 95.7 Å². The number of aliphatic hydroxyl groups is 1. The van der Waals surface area contributed by atoms with E-state index in [0.29, 0.717) is 0 Å². The molecule has 1 saturated heterocycles. The Balaban J connectivity index is 1.75. The van der Waals surface area contributed by atoms with Crippen molar-refractivity contribution in [1.82, 2.24) is 14.9 Å². The van der Waals surface area contributed by atoms with E-state index in [2.05, 4.69) is 21.1 Å². The zero-order chi connectivity index (χ0) is 11.0. The van der Waals surface area contributed by atoms with E-state index in [-0.39, 0.29) is 6.10 Å². The van der Waals surface area contributed by atoms with Crippen molar-refractivity contribution in [3.63, 3.8) is 0 Å². The molecule has 0 aliphatic carbocycles. The molecule has 1 aromatic heterocycles. The van der Waals surface area contributed by atoms with Crippen LogP contribution in [0.5, 0.6) is 0 Å². The van der Waals surface area contributed by atoms with Crippen LogP contribution in [0.1, 0.15) is 36.9 Å². The first-order valence-electron chi connectivity index (χ1n) is 6.27. The van der Waals surface area contributed by atoms with Crippen LogP contribution in [0, 0.1) is 5.92 Å². The van der Waals surface area contributed by atoms with E-state index in [1.165, 1.54) is 6.42 Å². The van der Waals surface area contributed by atoms with Gasteiger partial charge in [-0.2, -0.15) is 0 Å². The maximum Gasteiger partial charge on any atom is 0.137 e. The van der Waals surface area contributed by atoms with Crippen molar-refractivity contribution in [3.8, 4) is 0 Å². The fourth-order valence-electron chi connectivity index (χ4n) is 2.80. The first-order chi connectivity index (χ1) is 7.83. The standard InChI is InChI=1S/C12H19N3O/c16-11-2-1-5-15-8-10(14-12(11)15)6-9-3-4-13-7-9/h8-9,11,13,16H,1-7H2. The van der Waals surface area contributed by atoms with Gasteiger partial charge in [0.25, 0.3) is 0 Å². The van der Waals surface area contributed by atoms with Gasteiger partial charge in [-0.05, 0) is 44.7 Å². The number of aromatic nitrogens is 2. The van der Waals surface area contributed by atoms with Crippen LogP contribution in [-0.4, -0.2) is 27.7 Å². The van der Waals surface area contributed by atoms with Gasteiger partial charge in [-0.3, -0.25) is 0 Å². The molecule has 3 heterocycles. The van der Waals surface area contributed by atoms with Gasteiger partial charge in [0.2, 0.25) is 0 Å². The summed E-state index contributed by atoms with van der Waals surface area (Å²) in [5, 5.41) is 13.2. The molecular weight excluding hydrogens is 202 g/mol. The van der Waals surface area contributed by atoms with Crippen molar-refractivity contribution in [2.45, 2.75) is 38.3 Å². The quantitative estimate of drug-likeness (QED) is 0.779. The first-order valence-corrected chi connectivity index (χ1v) is 6.27. The fourth-order valence-corrected chi connectivity index (χ4v) is 2.80. The molecule has 3 rings (SSSR count). The summed E-state index contributed by atoms with van der Waals surface area (Å²) in [6.07, 6.45) is 6.03. The fraction of sp³-hybridized carbons (Fsp3) is 0.750. The van der Waals surface area contributed by atoms with Crippen LogP contribution in [0.4, 0.5) is 0 Å². The number of fused-ring (bicyclic) bond motifs is 1. The summed E-state index contributed by atoms with van der Waals surface area (Å²) in [6.45, 7) is 3.27. The van der Waals surface area contributed by atoms with Crippen LogP contribution in [0.25, 0.3) is 0 Å². The summed E-state index contributed by atoms with van der Waals surface area (Å²) in [5.74, 6) is 1.61. The highest BCUT2D eigenvalue weighted by Crippen LogP contribution is 2.25. The van der Waals surface area contributed by atoms with Gasteiger partial charge in [0, 0.05) is 12.7 Å². The van der Waals surface area contributed by atoms with Gasteiger partial charge in [0.1, 0.15) is 11.9 Å². The molecule has 0 saturated carbocycles. The van der Waals surface area contributed by atoms with E-state index >= 15 is 0 Å². The van der Waals surface area contributed by atoms with Crippen LogP contribution in [-0.2, 0) is 13.0 Å². The first kappa shape index (κ1) is 10.3. The Morgan fingerprint density at radius 2 is 2.44 bits per heavy atom. The molecule has 2 unspecified atom stereocenters. The maximum atomic E-state index is 9.84. The third-order valence-electron chi connectivity index (χ3n) is 3.69. The second-order valence-electron chi connectivity index (χ2n) is 5.00. The van der Waals surface area contributed by atoms with Crippen LogP contribution >= 0.6 is 0 Å².